The lowest BCUT2D eigenvalue weighted by Gasteiger charge is -2.11. The van der Waals surface area contributed by atoms with E-state index in [4.69, 9.17) is 27.9 Å². The minimum Gasteiger partial charge on any atom is -0.466 e. The molecule has 92 valence electrons. The largest absolute Gasteiger partial charge is 0.466 e. The first kappa shape index (κ1) is 13.8. The van der Waals surface area contributed by atoms with Gasteiger partial charge < -0.3 is 9.47 Å². The van der Waals surface area contributed by atoms with Gasteiger partial charge in [-0.05, 0) is 25.1 Å². The van der Waals surface area contributed by atoms with Crippen molar-refractivity contribution in [1.82, 2.24) is 0 Å². The fourth-order valence-electron chi connectivity index (χ4n) is 1.07. The zero-order chi connectivity index (χ0) is 13.0. The van der Waals surface area contributed by atoms with E-state index in [0.29, 0.717) is 5.02 Å². The number of rotatable bonds is 3. The molecule has 0 fully saturated rings. The molecule has 1 rings (SSSR count). The Morgan fingerprint density at radius 2 is 1.88 bits per heavy atom. The highest BCUT2D eigenvalue weighted by molar-refractivity contribution is 6.42. The lowest BCUT2D eigenvalue weighted by Crippen LogP contribution is -2.25. The molecule has 0 bridgehead atoms. The SMILES string of the molecule is COC(=O)[C@@H](C)OC(=O)c1ccc(Cl)c(Cl)c1. The maximum atomic E-state index is 11.6. The molecule has 0 amide bonds. The molecule has 0 saturated heterocycles. The minimum absolute atomic E-state index is 0.218. The van der Waals surface area contributed by atoms with Crippen LogP contribution < -0.4 is 0 Å². The fraction of sp³-hybridized carbons (Fsp3) is 0.273. The lowest BCUT2D eigenvalue weighted by atomic mass is 10.2. The van der Waals surface area contributed by atoms with Crippen LogP contribution in [0.25, 0.3) is 0 Å². The third-order valence-electron chi connectivity index (χ3n) is 1.97. The molecule has 0 aromatic heterocycles. The molecule has 17 heavy (non-hydrogen) atoms. The van der Waals surface area contributed by atoms with Crippen LogP contribution in [0.15, 0.2) is 18.2 Å². The Kier molecular flexibility index (Phi) is 4.78. The van der Waals surface area contributed by atoms with Gasteiger partial charge in [-0.25, -0.2) is 9.59 Å². The third kappa shape index (κ3) is 3.61. The van der Waals surface area contributed by atoms with Crippen molar-refractivity contribution in [3.05, 3.63) is 33.8 Å². The summed E-state index contributed by atoms with van der Waals surface area (Å²) in [6.07, 6.45) is -0.970. The number of esters is 2. The second-order valence-electron chi connectivity index (χ2n) is 3.20. The minimum atomic E-state index is -0.970. The highest BCUT2D eigenvalue weighted by Gasteiger charge is 2.19. The van der Waals surface area contributed by atoms with Gasteiger partial charge in [-0.15, -0.1) is 0 Å². The van der Waals surface area contributed by atoms with E-state index < -0.39 is 18.0 Å². The van der Waals surface area contributed by atoms with Crippen LogP contribution in [0.4, 0.5) is 0 Å². The van der Waals surface area contributed by atoms with Crippen molar-refractivity contribution < 1.29 is 19.1 Å². The van der Waals surface area contributed by atoms with E-state index in [0.717, 1.165) is 0 Å². The third-order valence-corrected chi connectivity index (χ3v) is 2.71. The van der Waals surface area contributed by atoms with Gasteiger partial charge in [0.2, 0.25) is 0 Å². The van der Waals surface area contributed by atoms with E-state index in [1.54, 1.807) is 0 Å². The lowest BCUT2D eigenvalue weighted by molar-refractivity contribution is -0.149. The number of carbonyl (C=O) groups excluding carboxylic acids is 2. The Labute approximate surface area is 108 Å². The van der Waals surface area contributed by atoms with Crippen LogP contribution >= 0.6 is 23.2 Å². The van der Waals surface area contributed by atoms with E-state index in [2.05, 4.69) is 4.74 Å². The smallest absolute Gasteiger partial charge is 0.346 e. The standard InChI is InChI=1S/C11H10Cl2O4/c1-6(10(14)16-2)17-11(15)7-3-4-8(12)9(13)5-7/h3-6H,1-2H3/t6-/m1/s1. The summed E-state index contributed by atoms with van der Waals surface area (Å²) in [7, 11) is 1.21. The molecule has 0 heterocycles. The van der Waals surface area contributed by atoms with Gasteiger partial charge in [-0.1, -0.05) is 23.2 Å². The molecule has 0 saturated carbocycles. The summed E-state index contributed by atoms with van der Waals surface area (Å²) in [6, 6.07) is 4.31. The van der Waals surface area contributed by atoms with Crippen molar-refractivity contribution in [2.75, 3.05) is 7.11 Å². The zero-order valence-corrected chi connectivity index (χ0v) is 10.7. The Bertz CT molecular complexity index is 445. The summed E-state index contributed by atoms with van der Waals surface area (Å²) in [6.45, 7) is 1.42. The van der Waals surface area contributed by atoms with Crippen LogP contribution in [-0.2, 0) is 14.3 Å². The predicted octanol–water partition coefficient (Wildman–Crippen LogP) is 2.71. The van der Waals surface area contributed by atoms with Gasteiger partial charge in [0.25, 0.3) is 0 Å². The molecule has 1 atom stereocenters. The Morgan fingerprint density at radius 3 is 2.41 bits per heavy atom. The first-order valence-corrected chi connectivity index (χ1v) is 5.45. The van der Waals surface area contributed by atoms with E-state index in [1.807, 2.05) is 0 Å². The van der Waals surface area contributed by atoms with Crippen LogP contribution in [-0.4, -0.2) is 25.2 Å². The van der Waals surface area contributed by atoms with Crippen LogP contribution in [0.3, 0.4) is 0 Å². The van der Waals surface area contributed by atoms with Crippen LogP contribution in [0.2, 0.25) is 10.0 Å². The van der Waals surface area contributed by atoms with Crippen LogP contribution in [0.5, 0.6) is 0 Å². The molecule has 0 unspecified atom stereocenters. The van der Waals surface area contributed by atoms with Gasteiger partial charge in [0.1, 0.15) is 0 Å². The molecule has 0 N–H and O–H groups in total. The molecule has 0 spiro atoms. The Hall–Kier alpha value is -1.26. The summed E-state index contributed by atoms with van der Waals surface area (Å²) in [5.74, 6) is -1.29. The van der Waals surface area contributed by atoms with Gasteiger partial charge >= 0.3 is 11.9 Å². The average molecular weight is 277 g/mol. The number of halogens is 2. The number of carbonyl (C=O) groups is 2. The number of methoxy groups -OCH3 is 1. The van der Waals surface area contributed by atoms with Crippen molar-refractivity contribution >= 4 is 35.1 Å². The number of benzene rings is 1. The molecule has 4 nitrogen and oxygen atoms in total. The summed E-state index contributed by atoms with van der Waals surface area (Å²) in [4.78, 5) is 22.7. The van der Waals surface area contributed by atoms with Crippen molar-refractivity contribution in [2.24, 2.45) is 0 Å². The molecule has 0 aliphatic heterocycles. The Balaban J connectivity index is 2.76. The first-order valence-electron chi connectivity index (χ1n) is 4.69. The highest BCUT2D eigenvalue weighted by atomic mass is 35.5. The van der Waals surface area contributed by atoms with E-state index in [1.165, 1.54) is 32.2 Å². The van der Waals surface area contributed by atoms with E-state index in [-0.39, 0.29) is 10.6 Å². The molecular weight excluding hydrogens is 267 g/mol. The van der Waals surface area contributed by atoms with Gasteiger partial charge in [0, 0.05) is 0 Å². The molecule has 1 aromatic rings. The Morgan fingerprint density at radius 1 is 1.24 bits per heavy atom. The molecule has 0 aliphatic carbocycles. The zero-order valence-electron chi connectivity index (χ0n) is 9.20. The molecule has 0 aliphatic rings. The highest BCUT2D eigenvalue weighted by Crippen LogP contribution is 2.23. The number of ether oxygens (including phenoxy) is 2. The molecular formula is C11H10Cl2O4. The van der Waals surface area contributed by atoms with Crippen LogP contribution in [0, 0.1) is 0 Å². The summed E-state index contributed by atoms with van der Waals surface area (Å²) in [5.41, 5.74) is 0.218. The van der Waals surface area contributed by atoms with Gasteiger partial charge in [-0.2, -0.15) is 0 Å². The maximum Gasteiger partial charge on any atom is 0.346 e. The van der Waals surface area contributed by atoms with Gasteiger partial charge in [0.15, 0.2) is 6.10 Å². The summed E-state index contributed by atoms with van der Waals surface area (Å²) in [5, 5.41) is 0.580. The number of hydrogen-bond acceptors (Lipinski definition) is 4. The van der Waals surface area contributed by atoms with E-state index in [9.17, 15) is 9.59 Å². The monoisotopic (exact) mass is 276 g/mol. The van der Waals surface area contributed by atoms with Crippen molar-refractivity contribution in [1.29, 1.82) is 0 Å². The topological polar surface area (TPSA) is 52.6 Å². The fourth-order valence-corrected chi connectivity index (χ4v) is 1.36. The molecule has 6 heteroatoms. The van der Waals surface area contributed by atoms with Gasteiger partial charge in [-0.3, -0.25) is 0 Å². The molecule has 0 radical (unpaired) electrons. The summed E-state index contributed by atoms with van der Waals surface area (Å²) >= 11 is 11.5. The van der Waals surface area contributed by atoms with Crippen LogP contribution in [0.1, 0.15) is 17.3 Å². The predicted molar refractivity (Wildman–Crippen MR) is 63.4 cm³/mol. The van der Waals surface area contributed by atoms with Crippen molar-refractivity contribution in [2.45, 2.75) is 13.0 Å². The quantitative estimate of drug-likeness (QED) is 0.797. The second kappa shape index (κ2) is 5.89. The second-order valence-corrected chi connectivity index (χ2v) is 4.01. The maximum absolute atomic E-state index is 11.6. The normalized spacial score (nSPS) is 11.8. The summed E-state index contributed by atoms with van der Waals surface area (Å²) < 4.78 is 9.30. The van der Waals surface area contributed by atoms with E-state index >= 15 is 0 Å². The van der Waals surface area contributed by atoms with Gasteiger partial charge in [0.05, 0.1) is 22.7 Å². The number of hydrogen-bond donors (Lipinski definition) is 0. The molecule has 1 aromatic carbocycles. The van der Waals surface area contributed by atoms with Crippen molar-refractivity contribution in [3.8, 4) is 0 Å². The average Bonchev–Trinajstić information content (AvgIpc) is 2.31. The first-order chi connectivity index (χ1) is 7.95. The van der Waals surface area contributed by atoms with Crippen molar-refractivity contribution in [3.63, 3.8) is 0 Å².